The fraction of sp³-hybridized carbons (Fsp3) is 0.857. The predicted octanol–water partition coefficient (Wildman–Crippen LogP) is -0.175. The van der Waals surface area contributed by atoms with Crippen molar-refractivity contribution in [2.75, 3.05) is 13.2 Å². The molecule has 64 valence electrons. The molecular weight excluding hydrogens is 146 g/mol. The number of nitrogens with two attached hydrogens (primary N) is 1. The van der Waals surface area contributed by atoms with Crippen LogP contribution in [0.25, 0.3) is 0 Å². The Kier molecular flexibility index (Phi) is 2.84. The van der Waals surface area contributed by atoms with Crippen molar-refractivity contribution in [1.82, 2.24) is 0 Å². The van der Waals surface area contributed by atoms with E-state index in [2.05, 4.69) is 0 Å². The summed E-state index contributed by atoms with van der Waals surface area (Å²) in [6.07, 6.45) is 1.13. The third-order valence-corrected chi connectivity index (χ3v) is 1.98. The molecule has 4 nitrogen and oxygen atoms in total. The number of aliphatic carboxylic acids is 1. The molecule has 2 atom stereocenters. The largest absolute Gasteiger partial charge is 0.481 e. The van der Waals surface area contributed by atoms with Crippen LogP contribution in [0.3, 0.4) is 0 Å². The van der Waals surface area contributed by atoms with E-state index in [9.17, 15) is 4.79 Å². The highest BCUT2D eigenvalue weighted by Gasteiger charge is 2.26. The van der Waals surface area contributed by atoms with E-state index in [-0.39, 0.29) is 12.0 Å². The number of hydrogen-bond donors (Lipinski definition) is 2. The zero-order valence-electron chi connectivity index (χ0n) is 6.32. The standard InChI is InChI=1S/C7H13NO3/c8-4-6-3-5(7(9)10)1-2-11-6/h5-6H,1-4,8H2,(H,9,10). The van der Waals surface area contributed by atoms with Crippen LogP contribution in [0.4, 0.5) is 0 Å². The quantitative estimate of drug-likeness (QED) is 0.586. The van der Waals surface area contributed by atoms with E-state index in [1.165, 1.54) is 0 Å². The summed E-state index contributed by atoms with van der Waals surface area (Å²) < 4.78 is 5.22. The first-order valence-corrected chi connectivity index (χ1v) is 3.78. The van der Waals surface area contributed by atoms with Gasteiger partial charge in [-0.3, -0.25) is 4.79 Å². The third-order valence-electron chi connectivity index (χ3n) is 1.98. The normalized spacial score (nSPS) is 31.7. The first-order valence-electron chi connectivity index (χ1n) is 3.78. The molecule has 0 bridgehead atoms. The van der Waals surface area contributed by atoms with Crippen molar-refractivity contribution in [2.45, 2.75) is 18.9 Å². The highest BCUT2D eigenvalue weighted by atomic mass is 16.5. The molecule has 0 radical (unpaired) electrons. The van der Waals surface area contributed by atoms with Crippen LogP contribution in [0.2, 0.25) is 0 Å². The topological polar surface area (TPSA) is 72.6 Å². The van der Waals surface area contributed by atoms with Crippen LogP contribution >= 0.6 is 0 Å². The van der Waals surface area contributed by atoms with Crippen LogP contribution in [0.15, 0.2) is 0 Å². The maximum Gasteiger partial charge on any atom is 0.306 e. The molecule has 4 heteroatoms. The number of carboxylic acid groups (broad SMARTS) is 1. The summed E-state index contributed by atoms with van der Waals surface area (Å²) in [7, 11) is 0. The van der Waals surface area contributed by atoms with E-state index in [1.54, 1.807) is 0 Å². The van der Waals surface area contributed by atoms with Crippen LogP contribution in [0, 0.1) is 5.92 Å². The Morgan fingerprint density at radius 3 is 3.00 bits per heavy atom. The Hall–Kier alpha value is -0.610. The molecule has 0 aromatic rings. The molecule has 1 heterocycles. The number of rotatable bonds is 2. The number of carbonyl (C=O) groups is 1. The van der Waals surface area contributed by atoms with Gasteiger partial charge in [0.25, 0.3) is 0 Å². The molecule has 1 rings (SSSR count). The fourth-order valence-corrected chi connectivity index (χ4v) is 1.27. The van der Waals surface area contributed by atoms with E-state index in [4.69, 9.17) is 15.6 Å². The molecule has 0 aliphatic carbocycles. The zero-order valence-corrected chi connectivity index (χ0v) is 6.32. The maximum absolute atomic E-state index is 10.5. The summed E-state index contributed by atoms with van der Waals surface area (Å²) in [5.41, 5.74) is 5.35. The summed E-state index contributed by atoms with van der Waals surface area (Å²) >= 11 is 0. The molecule has 3 N–H and O–H groups in total. The average Bonchev–Trinajstić information content (AvgIpc) is 2.05. The second-order valence-electron chi connectivity index (χ2n) is 2.79. The third kappa shape index (κ3) is 2.17. The minimum absolute atomic E-state index is 0.0511. The summed E-state index contributed by atoms with van der Waals surface area (Å²) in [5, 5.41) is 8.66. The van der Waals surface area contributed by atoms with Crippen molar-refractivity contribution in [1.29, 1.82) is 0 Å². The number of hydrogen-bond acceptors (Lipinski definition) is 3. The van der Waals surface area contributed by atoms with Gasteiger partial charge in [-0.2, -0.15) is 0 Å². The van der Waals surface area contributed by atoms with Gasteiger partial charge in [-0.25, -0.2) is 0 Å². The van der Waals surface area contributed by atoms with Crippen LogP contribution in [0.1, 0.15) is 12.8 Å². The van der Waals surface area contributed by atoms with Gasteiger partial charge in [0.2, 0.25) is 0 Å². The molecule has 11 heavy (non-hydrogen) atoms. The van der Waals surface area contributed by atoms with Gasteiger partial charge in [-0.1, -0.05) is 0 Å². The Morgan fingerprint density at radius 1 is 1.73 bits per heavy atom. The van der Waals surface area contributed by atoms with E-state index in [0.717, 1.165) is 0 Å². The van der Waals surface area contributed by atoms with Crippen LogP contribution in [-0.4, -0.2) is 30.3 Å². The van der Waals surface area contributed by atoms with Gasteiger partial charge in [-0.05, 0) is 12.8 Å². The Bertz CT molecular complexity index is 149. The second-order valence-corrected chi connectivity index (χ2v) is 2.79. The fourth-order valence-electron chi connectivity index (χ4n) is 1.27. The average molecular weight is 159 g/mol. The minimum atomic E-state index is -0.730. The Morgan fingerprint density at radius 2 is 2.45 bits per heavy atom. The number of carboxylic acids is 1. The van der Waals surface area contributed by atoms with Crippen molar-refractivity contribution in [2.24, 2.45) is 11.7 Å². The van der Waals surface area contributed by atoms with Crippen LogP contribution < -0.4 is 5.73 Å². The van der Waals surface area contributed by atoms with Gasteiger partial charge < -0.3 is 15.6 Å². The molecule has 0 amide bonds. The van der Waals surface area contributed by atoms with Crippen molar-refractivity contribution in [3.05, 3.63) is 0 Å². The molecule has 0 aromatic carbocycles. The van der Waals surface area contributed by atoms with Crippen molar-refractivity contribution in [3.63, 3.8) is 0 Å². The molecule has 1 saturated heterocycles. The van der Waals surface area contributed by atoms with E-state index in [1.807, 2.05) is 0 Å². The molecule has 1 aliphatic heterocycles. The molecule has 0 saturated carbocycles. The first-order chi connectivity index (χ1) is 5.24. The minimum Gasteiger partial charge on any atom is -0.481 e. The summed E-state index contributed by atoms with van der Waals surface area (Å²) in [6.45, 7) is 0.947. The summed E-state index contributed by atoms with van der Waals surface area (Å²) in [6, 6.07) is 0. The predicted molar refractivity (Wildman–Crippen MR) is 39.2 cm³/mol. The lowest BCUT2D eigenvalue weighted by Crippen LogP contribution is -2.34. The van der Waals surface area contributed by atoms with Crippen molar-refractivity contribution < 1.29 is 14.6 Å². The van der Waals surface area contributed by atoms with Gasteiger partial charge in [0.15, 0.2) is 0 Å². The molecule has 2 unspecified atom stereocenters. The van der Waals surface area contributed by atoms with Gasteiger partial charge in [0.05, 0.1) is 12.0 Å². The van der Waals surface area contributed by atoms with E-state index < -0.39 is 5.97 Å². The molecule has 0 spiro atoms. The molecule has 1 aliphatic rings. The van der Waals surface area contributed by atoms with Gasteiger partial charge in [0.1, 0.15) is 0 Å². The van der Waals surface area contributed by atoms with E-state index >= 15 is 0 Å². The zero-order chi connectivity index (χ0) is 8.27. The SMILES string of the molecule is NCC1CC(C(=O)O)CCO1. The lowest BCUT2D eigenvalue weighted by Gasteiger charge is -2.25. The van der Waals surface area contributed by atoms with E-state index in [0.29, 0.717) is 26.0 Å². The summed E-state index contributed by atoms with van der Waals surface area (Å²) in [5.74, 6) is -0.982. The van der Waals surface area contributed by atoms with Crippen LogP contribution in [0.5, 0.6) is 0 Å². The monoisotopic (exact) mass is 159 g/mol. The Labute approximate surface area is 65.3 Å². The maximum atomic E-state index is 10.5. The highest BCUT2D eigenvalue weighted by molar-refractivity contribution is 5.70. The molecule has 1 fully saturated rings. The van der Waals surface area contributed by atoms with Crippen LogP contribution in [-0.2, 0) is 9.53 Å². The first kappa shape index (κ1) is 8.49. The van der Waals surface area contributed by atoms with Gasteiger partial charge >= 0.3 is 5.97 Å². The Balaban J connectivity index is 2.39. The smallest absolute Gasteiger partial charge is 0.306 e. The van der Waals surface area contributed by atoms with Crippen molar-refractivity contribution >= 4 is 5.97 Å². The second kappa shape index (κ2) is 3.69. The summed E-state index contributed by atoms with van der Waals surface area (Å²) in [4.78, 5) is 10.5. The lowest BCUT2D eigenvalue weighted by molar-refractivity contribution is -0.146. The van der Waals surface area contributed by atoms with Gasteiger partial charge in [-0.15, -0.1) is 0 Å². The molecule has 0 aromatic heterocycles. The highest BCUT2D eigenvalue weighted by Crippen LogP contribution is 2.19. The lowest BCUT2D eigenvalue weighted by atomic mass is 9.96. The van der Waals surface area contributed by atoms with Crippen molar-refractivity contribution in [3.8, 4) is 0 Å². The van der Waals surface area contributed by atoms with Gasteiger partial charge in [0, 0.05) is 13.2 Å². The number of ether oxygens (including phenoxy) is 1. The molecular formula is C7H13NO3.